The minimum absolute atomic E-state index is 0.0111. The molecule has 3 aliphatic heterocycles. The van der Waals surface area contributed by atoms with Crippen LogP contribution in [0.2, 0.25) is 0 Å². The molecule has 70 valence electrons. The van der Waals surface area contributed by atoms with E-state index in [9.17, 15) is 0 Å². The first kappa shape index (κ1) is 8.44. The lowest BCUT2D eigenvalue weighted by atomic mass is 9.91. The van der Waals surface area contributed by atoms with E-state index in [4.69, 9.17) is 19.3 Å². The lowest BCUT2D eigenvalue weighted by Gasteiger charge is -2.50. The van der Waals surface area contributed by atoms with Crippen LogP contribution >= 0.6 is 0 Å². The Morgan fingerprint density at radius 3 is 2.08 bits per heavy atom. The maximum absolute atomic E-state index is 8.76. The molecule has 0 aromatic carbocycles. The molecule has 3 fully saturated rings. The third-order valence-corrected chi connectivity index (χ3v) is 2.34. The molecule has 3 aliphatic rings. The maximum Gasteiger partial charge on any atom is 0.285 e. The first-order valence-electron chi connectivity index (χ1n) is 4.21. The van der Waals surface area contributed by atoms with E-state index < -0.39 is 5.97 Å². The SMILES string of the molecule is CC12COC(CCO)(OC1)OC2. The van der Waals surface area contributed by atoms with Crippen molar-refractivity contribution in [1.82, 2.24) is 0 Å². The lowest BCUT2D eigenvalue weighted by molar-refractivity contribution is -0.468. The third-order valence-electron chi connectivity index (χ3n) is 2.34. The molecule has 12 heavy (non-hydrogen) atoms. The molecule has 1 N–H and O–H groups in total. The zero-order chi connectivity index (χ0) is 8.66. The fourth-order valence-electron chi connectivity index (χ4n) is 1.46. The monoisotopic (exact) mass is 174 g/mol. The number of aliphatic hydroxyl groups excluding tert-OH is 1. The normalized spacial score (nSPS) is 46.5. The van der Waals surface area contributed by atoms with Crippen LogP contribution in [0, 0.1) is 5.41 Å². The first-order valence-corrected chi connectivity index (χ1v) is 4.21. The Balaban J connectivity index is 2.04. The van der Waals surface area contributed by atoms with E-state index in [0.29, 0.717) is 26.2 Å². The Labute approximate surface area is 71.4 Å². The fraction of sp³-hybridized carbons (Fsp3) is 1.00. The number of aliphatic hydroxyl groups is 1. The van der Waals surface area contributed by atoms with Gasteiger partial charge in [0.2, 0.25) is 0 Å². The van der Waals surface area contributed by atoms with Gasteiger partial charge in [-0.05, 0) is 0 Å². The standard InChI is InChI=1S/C8H14O4/c1-7-4-10-8(2-3-9,11-5-7)12-6-7/h9H,2-6H2,1H3. The summed E-state index contributed by atoms with van der Waals surface area (Å²) in [5.41, 5.74) is 0.0111. The van der Waals surface area contributed by atoms with Gasteiger partial charge in [0.25, 0.3) is 5.97 Å². The zero-order valence-electron chi connectivity index (χ0n) is 7.21. The average molecular weight is 174 g/mol. The van der Waals surface area contributed by atoms with Crippen molar-refractivity contribution < 1.29 is 19.3 Å². The maximum atomic E-state index is 8.76. The summed E-state index contributed by atoms with van der Waals surface area (Å²) in [6.07, 6.45) is 0.392. The van der Waals surface area contributed by atoms with Crippen molar-refractivity contribution >= 4 is 0 Å². The minimum atomic E-state index is -0.938. The van der Waals surface area contributed by atoms with E-state index in [1.165, 1.54) is 0 Å². The van der Waals surface area contributed by atoms with Crippen molar-refractivity contribution in [3.05, 3.63) is 0 Å². The second-order valence-corrected chi connectivity index (χ2v) is 3.83. The van der Waals surface area contributed by atoms with Gasteiger partial charge in [-0.1, -0.05) is 6.92 Å². The van der Waals surface area contributed by atoms with Crippen molar-refractivity contribution in [2.24, 2.45) is 5.41 Å². The lowest BCUT2D eigenvalue weighted by Crippen LogP contribution is -2.59. The summed E-state index contributed by atoms with van der Waals surface area (Å²) >= 11 is 0. The van der Waals surface area contributed by atoms with Crippen LogP contribution in [0.1, 0.15) is 13.3 Å². The summed E-state index contributed by atoms with van der Waals surface area (Å²) in [6, 6.07) is 0. The molecule has 3 rings (SSSR count). The minimum Gasteiger partial charge on any atom is -0.396 e. The van der Waals surface area contributed by atoms with Crippen LogP contribution < -0.4 is 0 Å². The van der Waals surface area contributed by atoms with Crippen LogP contribution in [0.15, 0.2) is 0 Å². The van der Waals surface area contributed by atoms with Gasteiger partial charge in [-0.3, -0.25) is 0 Å². The Bertz CT molecular complexity index is 155. The Kier molecular flexibility index (Phi) is 1.88. The predicted octanol–water partition coefficient (Wildman–Crippen LogP) is 0.106. The third kappa shape index (κ3) is 1.25. The molecule has 0 aromatic rings. The van der Waals surface area contributed by atoms with Gasteiger partial charge in [0, 0.05) is 5.41 Å². The van der Waals surface area contributed by atoms with Crippen molar-refractivity contribution in [3.63, 3.8) is 0 Å². The van der Waals surface area contributed by atoms with Crippen molar-refractivity contribution in [1.29, 1.82) is 0 Å². The number of fused-ring (bicyclic) bond motifs is 3. The van der Waals surface area contributed by atoms with E-state index >= 15 is 0 Å². The molecule has 3 heterocycles. The number of hydrogen-bond acceptors (Lipinski definition) is 4. The largest absolute Gasteiger partial charge is 0.396 e. The molecule has 0 aliphatic carbocycles. The summed E-state index contributed by atoms with van der Waals surface area (Å²) in [4.78, 5) is 0. The predicted molar refractivity (Wildman–Crippen MR) is 40.4 cm³/mol. The van der Waals surface area contributed by atoms with Crippen LogP contribution in [-0.4, -0.2) is 37.5 Å². The van der Waals surface area contributed by atoms with Crippen LogP contribution in [0.25, 0.3) is 0 Å². The molecular weight excluding hydrogens is 160 g/mol. The van der Waals surface area contributed by atoms with Crippen LogP contribution in [0.4, 0.5) is 0 Å². The zero-order valence-corrected chi connectivity index (χ0v) is 7.21. The number of hydrogen-bond donors (Lipinski definition) is 1. The van der Waals surface area contributed by atoms with Gasteiger partial charge < -0.3 is 19.3 Å². The van der Waals surface area contributed by atoms with E-state index in [2.05, 4.69) is 6.92 Å². The number of rotatable bonds is 2. The van der Waals surface area contributed by atoms with Crippen LogP contribution in [0.3, 0.4) is 0 Å². The van der Waals surface area contributed by atoms with Gasteiger partial charge in [-0.15, -0.1) is 0 Å². The van der Waals surface area contributed by atoms with E-state index in [1.54, 1.807) is 0 Å². The van der Waals surface area contributed by atoms with E-state index in [-0.39, 0.29) is 12.0 Å². The summed E-state index contributed by atoms with van der Waals surface area (Å²) in [5.74, 6) is -0.938. The topological polar surface area (TPSA) is 47.9 Å². The van der Waals surface area contributed by atoms with E-state index in [1.807, 2.05) is 0 Å². The Morgan fingerprint density at radius 2 is 1.67 bits per heavy atom. The molecule has 0 radical (unpaired) electrons. The van der Waals surface area contributed by atoms with Gasteiger partial charge in [-0.25, -0.2) is 0 Å². The van der Waals surface area contributed by atoms with E-state index in [0.717, 1.165) is 0 Å². The molecule has 4 heteroatoms. The van der Waals surface area contributed by atoms with Gasteiger partial charge in [0.05, 0.1) is 32.8 Å². The second kappa shape index (κ2) is 2.67. The van der Waals surface area contributed by atoms with Gasteiger partial charge in [0.15, 0.2) is 0 Å². The number of ether oxygens (including phenoxy) is 3. The molecule has 2 bridgehead atoms. The summed E-state index contributed by atoms with van der Waals surface area (Å²) in [6.45, 7) is 4.07. The van der Waals surface area contributed by atoms with Crippen LogP contribution in [-0.2, 0) is 14.2 Å². The highest BCUT2D eigenvalue weighted by Gasteiger charge is 2.49. The van der Waals surface area contributed by atoms with Crippen molar-refractivity contribution in [3.8, 4) is 0 Å². The average Bonchev–Trinajstić information content (AvgIpc) is 2.08. The Hall–Kier alpha value is -0.160. The second-order valence-electron chi connectivity index (χ2n) is 3.83. The first-order chi connectivity index (χ1) is 5.68. The van der Waals surface area contributed by atoms with Crippen molar-refractivity contribution in [2.75, 3.05) is 26.4 Å². The van der Waals surface area contributed by atoms with Crippen LogP contribution in [0.5, 0.6) is 0 Å². The quantitative estimate of drug-likeness (QED) is 0.645. The van der Waals surface area contributed by atoms with Gasteiger partial charge in [-0.2, -0.15) is 0 Å². The fourth-order valence-corrected chi connectivity index (χ4v) is 1.46. The molecule has 0 saturated carbocycles. The van der Waals surface area contributed by atoms with Gasteiger partial charge in [0.1, 0.15) is 0 Å². The summed E-state index contributed by atoms with van der Waals surface area (Å²) < 4.78 is 16.2. The molecule has 3 saturated heterocycles. The highest BCUT2D eigenvalue weighted by Crippen LogP contribution is 2.39. The molecule has 0 spiro atoms. The molecule has 0 amide bonds. The molecule has 0 unspecified atom stereocenters. The Morgan fingerprint density at radius 1 is 1.17 bits per heavy atom. The highest BCUT2D eigenvalue weighted by atomic mass is 16.9. The van der Waals surface area contributed by atoms with Gasteiger partial charge >= 0.3 is 0 Å². The molecular formula is C8H14O4. The smallest absolute Gasteiger partial charge is 0.285 e. The summed E-state index contributed by atoms with van der Waals surface area (Å²) in [7, 11) is 0. The highest BCUT2D eigenvalue weighted by molar-refractivity contribution is 4.84. The van der Waals surface area contributed by atoms with Crippen molar-refractivity contribution in [2.45, 2.75) is 19.3 Å². The molecule has 4 nitrogen and oxygen atoms in total. The molecule has 0 aromatic heterocycles. The summed E-state index contributed by atoms with van der Waals surface area (Å²) in [5, 5.41) is 8.76. The molecule has 0 atom stereocenters.